The maximum Gasteiger partial charge on any atom is 0.222 e. The molecule has 0 aliphatic carbocycles. The molecule has 134 valence electrons. The van der Waals surface area contributed by atoms with E-state index in [-0.39, 0.29) is 5.91 Å². The Labute approximate surface area is 154 Å². The number of hydrogen-bond acceptors (Lipinski definition) is 4. The second-order valence-corrected chi connectivity index (χ2v) is 7.55. The molecule has 25 heavy (non-hydrogen) atoms. The zero-order valence-corrected chi connectivity index (χ0v) is 15.6. The number of carbonyl (C=O) groups excluding carboxylic acids is 1. The maximum atomic E-state index is 12.4. The third-order valence-corrected chi connectivity index (χ3v) is 5.62. The topological polar surface area (TPSA) is 32.8 Å². The summed E-state index contributed by atoms with van der Waals surface area (Å²) in [6.07, 6.45) is 2.60. The number of likely N-dealkylation sites (tertiary alicyclic amines) is 1. The van der Waals surface area contributed by atoms with Crippen molar-refractivity contribution in [3.8, 4) is 5.75 Å². The van der Waals surface area contributed by atoms with E-state index in [4.69, 9.17) is 4.74 Å². The molecule has 4 nitrogen and oxygen atoms in total. The molecule has 0 saturated carbocycles. The molecule has 1 saturated heterocycles. The van der Waals surface area contributed by atoms with Crippen LogP contribution in [0.25, 0.3) is 0 Å². The van der Waals surface area contributed by atoms with Gasteiger partial charge in [-0.2, -0.15) is 0 Å². The van der Waals surface area contributed by atoms with Gasteiger partial charge in [-0.1, -0.05) is 24.3 Å². The van der Waals surface area contributed by atoms with E-state index in [2.05, 4.69) is 29.5 Å². The molecule has 1 aliphatic rings. The lowest BCUT2D eigenvalue weighted by Crippen LogP contribution is -2.35. The largest absolute Gasteiger partial charge is 0.492 e. The van der Waals surface area contributed by atoms with Gasteiger partial charge in [-0.05, 0) is 43.5 Å². The Balaban J connectivity index is 1.46. The van der Waals surface area contributed by atoms with E-state index in [9.17, 15) is 4.79 Å². The number of thiophene rings is 1. The standard InChI is InChI=1S/C20H26N2O2S/c1-21(16-19-8-5-15-25-19)17-9-10-20(23)22(12-11-17)13-14-24-18-6-3-2-4-7-18/h2-8,15,17H,9-14,16H2,1H3. The van der Waals surface area contributed by atoms with E-state index < -0.39 is 0 Å². The summed E-state index contributed by atoms with van der Waals surface area (Å²) in [7, 11) is 2.17. The Kier molecular flexibility index (Phi) is 6.48. The highest BCUT2D eigenvalue weighted by Gasteiger charge is 2.24. The van der Waals surface area contributed by atoms with Crippen molar-refractivity contribution in [1.82, 2.24) is 9.80 Å². The first-order valence-electron chi connectivity index (χ1n) is 8.90. The minimum Gasteiger partial charge on any atom is -0.492 e. The number of rotatable bonds is 7. The lowest BCUT2D eigenvalue weighted by Gasteiger charge is -2.26. The smallest absolute Gasteiger partial charge is 0.222 e. The number of hydrogen-bond donors (Lipinski definition) is 0. The van der Waals surface area contributed by atoms with Gasteiger partial charge >= 0.3 is 0 Å². The average Bonchev–Trinajstić information content (AvgIpc) is 3.06. The summed E-state index contributed by atoms with van der Waals surface area (Å²) < 4.78 is 5.74. The molecule has 0 spiro atoms. The minimum absolute atomic E-state index is 0.253. The van der Waals surface area contributed by atoms with Crippen molar-refractivity contribution in [3.05, 3.63) is 52.7 Å². The van der Waals surface area contributed by atoms with Crippen LogP contribution < -0.4 is 4.74 Å². The van der Waals surface area contributed by atoms with Crippen molar-refractivity contribution in [2.75, 3.05) is 26.7 Å². The van der Waals surface area contributed by atoms with E-state index >= 15 is 0 Å². The van der Waals surface area contributed by atoms with E-state index in [1.807, 2.05) is 35.2 Å². The van der Waals surface area contributed by atoms with E-state index in [1.165, 1.54) is 4.88 Å². The molecule has 1 amide bonds. The Morgan fingerprint density at radius 1 is 1.20 bits per heavy atom. The Morgan fingerprint density at radius 3 is 2.80 bits per heavy atom. The number of benzene rings is 1. The number of carbonyl (C=O) groups is 1. The molecule has 0 bridgehead atoms. The average molecular weight is 359 g/mol. The summed E-state index contributed by atoms with van der Waals surface area (Å²) in [6.45, 7) is 2.99. The zero-order valence-electron chi connectivity index (χ0n) is 14.8. The van der Waals surface area contributed by atoms with Crippen molar-refractivity contribution in [1.29, 1.82) is 0 Å². The van der Waals surface area contributed by atoms with Crippen LogP contribution in [0.15, 0.2) is 47.8 Å². The van der Waals surface area contributed by atoms with Crippen LogP contribution in [0, 0.1) is 0 Å². The fourth-order valence-corrected chi connectivity index (χ4v) is 4.03. The van der Waals surface area contributed by atoms with Gasteiger partial charge in [-0.25, -0.2) is 0 Å². The van der Waals surface area contributed by atoms with Crippen LogP contribution in [-0.2, 0) is 11.3 Å². The summed E-state index contributed by atoms with van der Waals surface area (Å²) in [5.74, 6) is 1.11. The second kappa shape index (κ2) is 9.02. The predicted octanol–water partition coefficient (Wildman–Crippen LogP) is 3.64. The van der Waals surface area contributed by atoms with Crippen LogP contribution in [0.3, 0.4) is 0 Å². The molecule has 1 aromatic carbocycles. The first-order valence-corrected chi connectivity index (χ1v) is 9.78. The van der Waals surface area contributed by atoms with E-state index in [0.29, 0.717) is 25.6 Å². The molecule has 1 aromatic heterocycles. The third-order valence-electron chi connectivity index (χ3n) is 4.76. The molecular weight excluding hydrogens is 332 g/mol. The summed E-state index contributed by atoms with van der Waals surface area (Å²) in [6, 6.07) is 14.5. The molecule has 5 heteroatoms. The van der Waals surface area contributed by atoms with Crippen LogP contribution in [-0.4, -0.2) is 48.5 Å². The monoisotopic (exact) mass is 358 g/mol. The van der Waals surface area contributed by atoms with E-state index in [0.717, 1.165) is 31.7 Å². The zero-order chi connectivity index (χ0) is 17.5. The Bertz CT molecular complexity index is 645. The third kappa shape index (κ3) is 5.31. The maximum absolute atomic E-state index is 12.4. The van der Waals surface area contributed by atoms with Crippen LogP contribution in [0.4, 0.5) is 0 Å². The molecule has 1 unspecified atom stereocenters. The molecular formula is C20H26N2O2S. The van der Waals surface area contributed by atoms with Crippen molar-refractivity contribution in [2.24, 2.45) is 0 Å². The molecule has 1 fully saturated rings. The summed E-state index contributed by atoms with van der Waals surface area (Å²) >= 11 is 1.80. The first-order chi connectivity index (χ1) is 12.2. The van der Waals surface area contributed by atoms with Gasteiger partial charge in [-0.3, -0.25) is 9.69 Å². The molecule has 0 radical (unpaired) electrons. The molecule has 1 aliphatic heterocycles. The fourth-order valence-electron chi connectivity index (χ4n) is 3.27. The quantitative estimate of drug-likeness (QED) is 0.757. The first kappa shape index (κ1) is 18.0. The number of amides is 1. The van der Waals surface area contributed by atoms with Gasteiger partial charge in [0, 0.05) is 30.4 Å². The Morgan fingerprint density at radius 2 is 2.04 bits per heavy atom. The van der Waals surface area contributed by atoms with Crippen LogP contribution >= 0.6 is 11.3 Å². The van der Waals surface area contributed by atoms with Crippen LogP contribution in [0.5, 0.6) is 5.75 Å². The highest BCUT2D eigenvalue weighted by molar-refractivity contribution is 7.09. The summed E-state index contributed by atoms with van der Waals surface area (Å²) in [5, 5.41) is 2.12. The highest BCUT2D eigenvalue weighted by atomic mass is 32.1. The summed E-state index contributed by atoms with van der Waals surface area (Å²) in [4.78, 5) is 18.1. The van der Waals surface area contributed by atoms with Crippen LogP contribution in [0.1, 0.15) is 24.1 Å². The normalized spacial score (nSPS) is 18.4. The van der Waals surface area contributed by atoms with Crippen molar-refractivity contribution >= 4 is 17.2 Å². The highest BCUT2D eigenvalue weighted by Crippen LogP contribution is 2.20. The number of para-hydroxylation sites is 1. The fraction of sp³-hybridized carbons (Fsp3) is 0.450. The second-order valence-electron chi connectivity index (χ2n) is 6.52. The van der Waals surface area contributed by atoms with Crippen molar-refractivity contribution in [2.45, 2.75) is 31.8 Å². The number of ether oxygens (including phenoxy) is 1. The van der Waals surface area contributed by atoms with Gasteiger partial charge in [0.1, 0.15) is 12.4 Å². The molecule has 2 aromatic rings. The van der Waals surface area contributed by atoms with Gasteiger partial charge in [0.05, 0.1) is 6.54 Å². The summed E-state index contributed by atoms with van der Waals surface area (Å²) in [5.41, 5.74) is 0. The lowest BCUT2D eigenvalue weighted by atomic mass is 10.1. The van der Waals surface area contributed by atoms with Gasteiger partial charge in [0.25, 0.3) is 0 Å². The minimum atomic E-state index is 0.253. The van der Waals surface area contributed by atoms with E-state index in [1.54, 1.807) is 11.3 Å². The molecule has 2 heterocycles. The lowest BCUT2D eigenvalue weighted by molar-refractivity contribution is -0.131. The molecule has 3 rings (SSSR count). The van der Waals surface area contributed by atoms with Gasteiger partial charge in [-0.15, -0.1) is 11.3 Å². The van der Waals surface area contributed by atoms with Gasteiger partial charge < -0.3 is 9.64 Å². The SMILES string of the molecule is CN(Cc1cccs1)C1CCC(=O)N(CCOc2ccccc2)CC1. The van der Waals surface area contributed by atoms with Crippen molar-refractivity contribution in [3.63, 3.8) is 0 Å². The van der Waals surface area contributed by atoms with Crippen molar-refractivity contribution < 1.29 is 9.53 Å². The predicted molar refractivity (Wildman–Crippen MR) is 102 cm³/mol. The van der Waals surface area contributed by atoms with Gasteiger partial charge in [0.15, 0.2) is 0 Å². The number of nitrogens with zero attached hydrogens (tertiary/aromatic N) is 2. The Hall–Kier alpha value is -1.85. The van der Waals surface area contributed by atoms with Gasteiger partial charge in [0.2, 0.25) is 5.91 Å². The van der Waals surface area contributed by atoms with Crippen LogP contribution in [0.2, 0.25) is 0 Å². The molecule has 1 atom stereocenters. The molecule has 0 N–H and O–H groups in total.